The average Bonchev–Trinajstić information content (AvgIpc) is 1.88. The molecule has 0 aromatic carbocycles. The number of hydrogen-bond donors (Lipinski definition) is 3. The second-order valence-corrected chi connectivity index (χ2v) is 1.78. The van der Waals surface area contributed by atoms with E-state index in [0.29, 0.717) is 4.90 Å². The predicted molar refractivity (Wildman–Crippen MR) is 34.2 cm³/mol. The lowest BCUT2D eigenvalue weighted by atomic mass is 10.6. The van der Waals surface area contributed by atoms with Gasteiger partial charge in [0.25, 0.3) is 0 Å². The van der Waals surface area contributed by atoms with Gasteiger partial charge in [0.2, 0.25) is 0 Å². The predicted octanol–water partition coefficient (Wildman–Crippen LogP) is -1.34. The van der Waals surface area contributed by atoms with Crippen molar-refractivity contribution in [1.29, 1.82) is 0 Å². The van der Waals surface area contributed by atoms with Gasteiger partial charge in [0.1, 0.15) is 13.0 Å². The summed E-state index contributed by atoms with van der Waals surface area (Å²) in [4.78, 5) is 11.3. The van der Waals surface area contributed by atoms with Gasteiger partial charge in [-0.25, -0.2) is 4.79 Å². The molecule has 0 aliphatic rings. The molecule has 0 saturated carbocycles. The number of carbonyl (C=O) groups is 1. The summed E-state index contributed by atoms with van der Waals surface area (Å²) < 4.78 is 4.08. The molecule has 1 unspecified atom stereocenters. The first-order chi connectivity index (χ1) is 5.13. The van der Waals surface area contributed by atoms with E-state index in [1.807, 2.05) is 0 Å². The van der Waals surface area contributed by atoms with Crippen molar-refractivity contribution in [3.05, 3.63) is 0 Å². The van der Waals surface area contributed by atoms with Gasteiger partial charge in [0, 0.05) is 0 Å². The van der Waals surface area contributed by atoms with E-state index < -0.39 is 25.8 Å². The zero-order chi connectivity index (χ0) is 8.85. The normalized spacial score (nSPS) is 12.4. The minimum Gasteiger partial charge on any atom is -0.422 e. The minimum atomic E-state index is -1.14. The number of aliphatic hydroxyl groups excluding tert-OH is 3. The molecule has 6 heteroatoms. The molecular weight excluding hydrogens is 154 g/mol. The average molecular weight is 165 g/mol. The molecule has 0 aliphatic heterocycles. The molecule has 0 aliphatic carbocycles. The Balaban J connectivity index is 3.92. The lowest BCUT2D eigenvalue weighted by Gasteiger charge is -2.21. The van der Waals surface area contributed by atoms with Gasteiger partial charge in [-0.15, -0.1) is 0 Å². The standard InChI is InChI=1S/C5H11NO5/c1-4(9)6(2-7)5(10)11-3-8/h4,7-9H,2-3H2,1H3. The highest BCUT2D eigenvalue weighted by molar-refractivity contribution is 5.67. The van der Waals surface area contributed by atoms with Crippen LogP contribution in [0.25, 0.3) is 0 Å². The molecule has 1 atom stereocenters. The van der Waals surface area contributed by atoms with E-state index in [1.54, 1.807) is 0 Å². The Hall–Kier alpha value is -0.850. The lowest BCUT2D eigenvalue weighted by molar-refractivity contribution is -0.0493. The molecule has 0 fully saturated rings. The molecular formula is C5H11NO5. The number of hydrogen-bond acceptors (Lipinski definition) is 5. The number of rotatable bonds is 3. The van der Waals surface area contributed by atoms with Crippen LogP contribution in [0.3, 0.4) is 0 Å². The van der Waals surface area contributed by atoms with E-state index >= 15 is 0 Å². The third-order valence-electron chi connectivity index (χ3n) is 1.03. The summed E-state index contributed by atoms with van der Waals surface area (Å²) in [6, 6.07) is 0. The van der Waals surface area contributed by atoms with Crippen molar-refractivity contribution in [3.8, 4) is 0 Å². The van der Waals surface area contributed by atoms with E-state index in [-0.39, 0.29) is 0 Å². The summed E-state index contributed by atoms with van der Waals surface area (Å²) in [5, 5.41) is 25.4. The zero-order valence-electron chi connectivity index (χ0n) is 6.10. The van der Waals surface area contributed by atoms with E-state index in [0.717, 1.165) is 0 Å². The van der Waals surface area contributed by atoms with Gasteiger partial charge in [0.05, 0.1) is 0 Å². The topological polar surface area (TPSA) is 90.2 Å². The number of carbonyl (C=O) groups excluding carboxylic acids is 1. The summed E-state index contributed by atoms with van der Waals surface area (Å²) in [5.41, 5.74) is 0. The van der Waals surface area contributed by atoms with Crippen LogP contribution >= 0.6 is 0 Å². The maximum Gasteiger partial charge on any atom is 0.415 e. The molecule has 3 N–H and O–H groups in total. The van der Waals surface area contributed by atoms with Crippen LogP contribution in [-0.4, -0.2) is 46.1 Å². The Morgan fingerprint density at radius 1 is 1.64 bits per heavy atom. The van der Waals surface area contributed by atoms with E-state index in [2.05, 4.69) is 4.74 Å². The molecule has 6 nitrogen and oxygen atoms in total. The molecule has 1 amide bonds. The minimum absolute atomic E-state index is 0.635. The number of nitrogens with zero attached hydrogens (tertiary/aromatic N) is 1. The Morgan fingerprint density at radius 3 is 2.45 bits per heavy atom. The van der Waals surface area contributed by atoms with Crippen LogP contribution in [0.15, 0.2) is 0 Å². The van der Waals surface area contributed by atoms with Gasteiger partial charge < -0.3 is 20.1 Å². The van der Waals surface area contributed by atoms with Crippen molar-refractivity contribution in [3.63, 3.8) is 0 Å². The van der Waals surface area contributed by atoms with Gasteiger partial charge in [0.15, 0.2) is 6.79 Å². The molecule has 11 heavy (non-hydrogen) atoms. The highest BCUT2D eigenvalue weighted by Crippen LogP contribution is 1.96. The monoisotopic (exact) mass is 165 g/mol. The fourth-order valence-electron chi connectivity index (χ4n) is 0.467. The van der Waals surface area contributed by atoms with Crippen molar-refractivity contribution in [2.75, 3.05) is 13.5 Å². The van der Waals surface area contributed by atoms with Crippen molar-refractivity contribution < 1.29 is 24.9 Å². The Morgan fingerprint density at radius 2 is 2.18 bits per heavy atom. The van der Waals surface area contributed by atoms with Crippen LogP contribution in [0.1, 0.15) is 6.92 Å². The summed E-state index contributed by atoms with van der Waals surface area (Å²) in [6.45, 7) is -0.145. The van der Waals surface area contributed by atoms with Crippen molar-refractivity contribution in [2.24, 2.45) is 0 Å². The summed E-state index contributed by atoms with van der Waals surface area (Å²) in [7, 11) is 0. The molecule has 0 heterocycles. The van der Waals surface area contributed by atoms with Gasteiger partial charge in [-0.05, 0) is 6.92 Å². The largest absolute Gasteiger partial charge is 0.422 e. The van der Waals surface area contributed by atoms with Crippen LogP contribution in [0, 0.1) is 0 Å². The maximum absolute atomic E-state index is 10.6. The Labute approximate surface area is 63.6 Å². The van der Waals surface area contributed by atoms with Gasteiger partial charge in [-0.3, -0.25) is 4.90 Å². The zero-order valence-corrected chi connectivity index (χ0v) is 6.10. The van der Waals surface area contributed by atoms with Crippen LogP contribution in [-0.2, 0) is 4.74 Å². The number of amides is 1. The van der Waals surface area contributed by atoms with Crippen LogP contribution in [0.5, 0.6) is 0 Å². The third kappa shape index (κ3) is 3.17. The number of aliphatic hydroxyl groups is 3. The smallest absolute Gasteiger partial charge is 0.415 e. The summed E-state index contributed by atoms with van der Waals surface area (Å²) in [6.07, 6.45) is -2.11. The molecule has 66 valence electrons. The highest BCUT2D eigenvalue weighted by Gasteiger charge is 2.17. The molecule has 0 saturated heterocycles. The van der Waals surface area contributed by atoms with Crippen LogP contribution in [0.4, 0.5) is 4.79 Å². The van der Waals surface area contributed by atoms with Crippen molar-refractivity contribution in [2.45, 2.75) is 13.2 Å². The first-order valence-electron chi connectivity index (χ1n) is 2.96. The van der Waals surface area contributed by atoms with Crippen LogP contribution < -0.4 is 0 Å². The molecule has 0 aromatic heterocycles. The maximum atomic E-state index is 10.6. The van der Waals surface area contributed by atoms with E-state index in [9.17, 15) is 4.79 Å². The Kier molecular flexibility index (Phi) is 4.51. The highest BCUT2D eigenvalue weighted by atomic mass is 16.6. The molecule has 0 bridgehead atoms. The second kappa shape index (κ2) is 4.89. The van der Waals surface area contributed by atoms with E-state index in [4.69, 9.17) is 15.3 Å². The second-order valence-electron chi connectivity index (χ2n) is 1.78. The molecule has 0 radical (unpaired) electrons. The fourth-order valence-corrected chi connectivity index (χ4v) is 0.467. The van der Waals surface area contributed by atoms with Gasteiger partial charge >= 0.3 is 6.09 Å². The number of ether oxygens (including phenoxy) is 1. The fraction of sp³-hybridized carbons (Fsp3) is 0.800. The summed E-state index contributed by atoms with van der Waals surface area (Å²) in [5.74, 6) is 0. The molecule has 0 rings (SSSR count). The third-order valence-corrected chi connectivity index (χ3v) is 1.03. The van der Waals surface area contributed by atoms with E-state index in [1.165, 1.54) is 6.92 Å². The van der Waals surface area contributed by atoms with Crippen molar-refractivity contribution >= 4 is 6.09 Å². The summed E-state index contributed by atoms with van der Waals surface area (Å²) >= 11 is 0. The quantitative estimate of drug-likeness (QED) is 0.450. The molecule has 0 spiro atoms. The SMILES string of the molecule is CC(O)N(CO)C(=O)OCO. The Bertz CT molecular complexity index is 126. The first-order valence-corrected chi connectivity index (χ1v) is 2.96. The molecule has 0 aromatic rings. The lowest BCUT2D eigenvalue weighted by Crippen LogP contribution is -2.39. The van der Waals surface area contributed by atoms with Gasteiger partial charge in [-0.2, -0.15) is 0 Å². The van der Waals surface area contributed by atoms with Gasteiger partial charge in [-0.1, -0.05) is 0 Å². The first kappa shape index (κ1) is 10.2. The van der Waals surface area contributed by atoms with Crippen molar-refractivity contribution in [1.82, 2.24) is 4.90 Å². The van der Waals surface area contributed by atoms with Crippen LogP contribution in [0.2, 0.25) is 0 Å².